The molecule has 0 saturated carbocycles. The smallest absolute Gasteiger partial charge is 0.407 e. The van der Waals surface area contributed by atoms with Crippen LogP contribution < -0.4 is 16.0 Å². The van der Waals surface area contributed by atoms with Gasteiger partial charge in [0.2, 0.25) is 11.8 Å². The molecule has 8 heteroatoms. The van der Waals surface area contributed by atoms with Gasteiger partial charge in [-0.05, 0) is 38.5 Å². The van der Waals surface area contributed by atoms with Crippen molar-refractivity contribution in [1.29, 1.82) is 0 Å². The monoisotopic (exact) mass is 427 g/mol. The Morgan fingerprint density at radius 1 is 1.00 bits per heavy atom. The SMILES string of the molecule is CC(C)(C)OC(=O)NCCC(=O)NCCNC(=O)Cc1cccc(Br)c1. The second-order valence-electron chi connectivity index (χ2n) is 6.69. The number of rotatable bonds is 8. The number of carbonyl (C=O) groups excluding carboxylic acids is 3. The summed E-state index contributed by atoms with van der Waals surface area (Å²) in [6.07, 6.45) is -0.122. The Kier molecular flexibility index (Phi) is 9.12. The molecule has 0 saturated heterocycles. The lowest BCUT2D eigenvalue weighted by Gasteiger charge is -2.19. The van der Waals surface area contributed by atoms with Gasteiger partial charge < -0.3 is 20.7 Å². The third kappa shape index (κ3) is 10.7. The van der Waals surface area contributed by atoms with Crippen LogP contribution in [0.5, 0.6) is 0 Å². The van der Waals surface area contributed by atoms with Gasteiger partial charge >= 0.3 is 6.09 Å². The number of carbonyl (C=O) groups is 3. The van der Waals surface area contributed by atoms with Crippen LogP contribution in [-0.4, -0.2) is 43.1 Å². The van der Waals surface area contributed by atoms with E-state index in [4.69, 9.17) is 4.74 Å². The standard InChI is InChI=1S/C18H26BrN3O4/c1-18(2,3)26-17(25)22-8-7-15(23)20-9-10-21-16(24)12-13-5-4-6-14(19)11-13/h4-6,11H,7-10,12H2,1-3H3,(H,20,23)(H,21,24)(H,22,25). The molecule has 0 heterocycles. The van der Waals surface area contributed by atoms with E-state index >= 15 is 0 Å². The van der Waals surface area contributed by atoms with Crippen molar-refractivity contribution in [3.63, 3.8) is 0 Å². The number of benzene rings is 1. The van der Waals surface area contributed by atoms with Crippen molar-refractivity contribution in [3.8, 4) is 0 Å². The van der Waals surface area contributed by atoms with Crippen molar-refractivity contribution in [2.75, 3.05) is 19.6 Å². The van der Waals surface area contributed by atoms with E-state index in [0.717, 1.165) is 10.0 Å². The first-order valence-electron chi connectivity index (χ1n) is 8.40. The molecule has 1 aromatic rings. The summed E-state index contributed by atoms with van der Waals surface area (Å²) < 4.78 is 5.99. The number of hydrogen-bond donors (Lipinski definition) is 3. The van der Waals surface area contributed by atoms with E-state index in [2.05, 4.69) is 31.9 Å². The van der Waals surface area contributed by atoms with Crippen molar-refractivity contribution >= 4 is 33.8 Å². The van der Waals surface area contributed by atoms with Gasteiger partial charge in [-0.2, -0.15) is 0 Å². The Morgan fingerprint density at radius 2 is 1.65 bits per heavy atom. The van der Waals surface area contributed by atoms with Crippen molar-refractivity contribution in [2.24, 2.45) is 0 Å². The molecule has 7 nitrogen and oxygen atoms in total. The fraction of sp³-hybridized carbons (Fsp3) is 0.500. The maximum Gasteiger partial charge on any atom is 0.407 e. The van der Waals surface area contributed by atoms with E-state index in [1.807, 2.05) is 24.3 Å². The van der Waals surface area contributed by atoms with Gasteiger partial charge in [0.1, 0.15) is 5.60 Å². The molecular formula is C18H26BrN3O4. The van der Waals surface area contributed by atoms with Crippen LogP contribution in [0.2, 0.25) is 0 Å². The maximum atomic E-state index is 11.8. The van der Waals surface area contributed by atoms with E-state index in [1.54, 1.807) is 20.8 Å². The van der Waals surface area contributed by atoms with Crippen LogP contribution in [0.3, 0.4) is 0 Å². The summed E-state index contributed by atoms with van der Waals surface area (Å²) >= 11 is 3.36. The highest BCUT2D eigenvalue weighted by molar-refractivity contribution is 9.10. The number of hydrogen-bond acceptors (Lipinski definition) is 4. The van der Waals surface area contributed by atoms with Crippen molar-refractivity contribution in [1.82, 2.24) is 16.0 Å². The fourth-order valence-electron chi connectivity index (χ4n) is 1.98. The number of nitrogens with one attached hydrogen (secondary N) is 3. The number of halogens is 1. The molecule has 0 aromatic heterocycles. The largest absolute Gasteiger partial charge is 0.444 e. The molecule has 26 heavy (non-hydrogen) atoms. The Bertz CT molecular complexity index is 629. The van der Waals surface area contributed by atoms with Crippen LogP contribution in [0.15, 0.2) is 28.7 Å². The van der Waals surface area contributed by atoms with E-state index in [-0.39, 0.29) is 31.2 Å². The van der Waals surface area contributed by atoms with Gasteiger partial charge in [0, 0.05) is 30.5 Å². The van der Waals surface area contributed by atoms with Crippen LogP contribution >= 0.6 is 15.9 Å². The van der Waals surface area contributed by atoms with Gasteiger partial charge in [-0.1, -0.05) is 28.1 Å². The van der Waals surface area contributed by atoms with Crippen LogP contribution in [0.1, 0.15) is 32.8 Å². The molecule has 0 aliphatic heterocycles. The van der Waals surface area contributed by atoms with E-state index < -0.39 is 11.7 Å². The molecule has 0 aliphatic rings. The van der Waals surface area contributed by atoms with E-state index in [0.29, 0.717) is 13.1 Å². The Labute approximate surface area is 162 Å². The topological polar surface area (TPSA) is 96.5 Å². The Morgan fingerprint density at radius 3 is 2.27 bits per heavy atom. The highest BCUT2D eigenvalue weighted by Crippen LogP contribution is 2.11. The van der Waals surface area contributed by atoms with Crippen LogP contribution in [0.25, 0.3) is 0 Å². The molecule has 0 bridgehead atoms. The minimum absolute atomic E-state index is 0.107. The quantitative estimate of drug-likeness (QED) is 0.553. The number of amides is 3. The van der Waals surface area contributed by atoms with Crippen LogP contribution in [0, 0.1) is 0 Å². The molecule has 1 rings (SSSR count). The summed E-state index contributed by atoms with van der Waals surface area (Å²) in [5.41, 5.74) is 0.342. The molecule has 0 spiro atoms. The second kappa shape index (κ2) is 10.8. The normalized spacial score (nSPS) is 10.8. The minimum Gasteiger partial charge on any atom is -0.444 e. The zero-order valence-electron chi connectivity index (χ0n) is 15.4. The molecule has 3 amide bonds. The number of ether oxygens (including phenoxy) is 1. The van der Waals surface area contributed by atoms with Crippen molar-refractivity contribution in [2.45, 2.75) is 39.2 Å². The Hall–Kier alpha value is -2.09. The summed E-state index contributed by atoms with van der Waals surface area (Å²) in [6, 6.07) is 7.54. The first-order chi connectivity index (χ1) is 12.2. The fourth-order valence-corrected chi connectivity index (χ4v) is 2.43. The third-order valence-corrected chi connectivity index (χ3v) is 3.54. The lowest BCUT2D eigenvalue weighted by Crippen LogP contribution is -2.37. The molecule has 3 N–H and O–H groups in total. The van der Waals surface area contributed by atoms with Gasteiger partial charge in [-0.15, -0.1) is 0 Å². The van der Waals surface area contributed by atoms with Crippen molar-refractivity contribution in [3.05, 3.63) is 34.3 Å². The first-order valence-corrected chi connectivity index (χ1v) is 9.20. The van der Waals surface area contributed by atoms with Gasteiger partial charge in [0.15, 0.2) is 0 Å². The van der Waals surface area contributed by atoms with Gasteiger partial charge in [-0.25, -0.2) is 4.79 Å². The first kappa shape index (κ1) is 22.0. The third-order valence-electron chi connectivity index (χ3n) is 3.04. The summed E-state index contributed by atoms with van der Waals surface area (Å²) in [5.74, 6) is -0.314. The molecule has 0 radical (unpaired) electrons. The predicted octanol–water partition coefficient (Wildman–Crippen LogP) is 2.14. The van der Waals surface area contributed by atoms with Crippen LogP contribution in [0.4, 0.5) is 4.79 Å². The summed E-state index contributed by atoms with van der Waals surface area (Å²) in [7, 11) is 0. The average molecular weight is 428 g/mol. The van der Waals surface area contributed by atoms with Gasteiger partial charge in [0.25, 0.3) is 0 Å². The molecule has 0 aliphatic carbocycles. The molecule has 0 atom stereocenters. The molecule has 144 valence electrons. The summed E-state index contributed by atoms with van der Waals surface area (Å²) in [4.78, 5) is 34.9. The zero-order valence-corrected chi connectivity index (χ0v) is 16.9. The van der Waals surface area contributed by atoms with Gasteiger partial charge in [0.05, 0.1) is 6.42 Å². The molecule has 1 aromatic carbocycles. The zero-order chi connectivity index (χ0) is 19.6. The average Bonchev–Trinajstić information content (AvgIpc) is 2.50. The lowest BCUT2D eigenvalue weighted by atomic mass is 10.1. The van der Waals surface area contributed by atoms with E-state index in [1.165, 1.54) is 0 Å². The highest BCUT2D eigenvalue weighted by Gasteiger charge is 2.15. The summed E-state index contributed by atoms with van der Waals surface area (Å²) in [5, 5.41) is 7.94. The Balaban J connectivity index is 2.10. The minimum atomic E-state index is -0.569. The summed E-state index contributed by atoms with van der Waals surface area (Å²) in [6.45, 7) is 6.17. The lowest BCUT2D eigenvalue weighted by molar-refractivity contribution is -0.122. The van der Waals surface area contributed by atoms with Crippen molar-refractivity contribution < 1.29 is 19.1 Å². The van der Waals surface area contributed by atoms with E-state index in [9.17, 15) is 14.4 Å². The predicted molar refractivity (Wildman–Crippen MR) is 103 cm³/mol. The maximum absolute atomic E-state index is 11.8. The van der Waals surface area contributed by atoms with Crippen LogP contribution in [-0.2, 0) is 20.7 Å². The highest BCUT2D eigenvalue weighted by atomic mass is 79.9. The second-order valence-corrected chi connectivity index (χ2v) is 7.60. The van der Waals surface area contributed by atoms with Gasteiger partial charge in [-0.3, -0.25) is 9.59 Å². The molecule has 0 unspecified atom stereocenters. The number of alkyl carbamates (subject to hydrolysis) is 1. The molecule has 0 fully saturated rings. The molecular weight excluding hydrogens is 402 g/mol.